The van der Waals surface area contributed by atoms with E-state index in [0.29, 0.717) is 17.0 Å². The molecule has 1 aromatic carbocycles. The van der Waals surface area contributed by atoms with E-state index in [9.17, 15) is 18.0 Å². The molecule has 1 amide bonds. The molecule has 2 aromatic heterocycles. The van der Waals surface area contributed by atoms with Crippen LogP contribution in [-0.2, 0) is 6.18 Å². The van der Waals surface area contributed by atoms with Crippen molar-refractivity contribution in [2.75, 3.05) is 12.4 Å². The number of pyridine rings is 2. The van der Waals surface area contributed by atoms with Crippen LogP contribution in [0, 0.1) is 12.3 Å². The number of alkyl halides is 3. The minimum absolute atomic E-state index is 0.107. The van der Waals surface area contributed by atoms with E-state index in [2.05, 4.69) is 31.2 Å². The molecule has 2 heterocycles. The summed E-state index contributed by atoms with van der Waals surface area (Å²) in [5.41, 5.74) is 0.256. The number of amides is 1. The number of rotatable bonds is 5. The molecule has 0 aliphatic rings. The van der Waals surface area contributed by atoms with Crippen LogP contribution in [0.1, 0.15) is 32.7 Å². The summed E-state index contributed by atoms with van der Waals surface area (Å²) in [6.45, 7) is 1.78. The van der Waals surface area contributed by atoms with Crippen molar-refractivity contribution < 1.29 is 22.7 Å². The molecule has 0 aliphatic heterocycles. The van der Waals surface area contributed by atoms with Crippen molar-refractivity contribution >= 4 is 33.2 Å². The summed E-state index contributed by atoms with van der Waals surface area (Å²) < 4.78 is 45.1. The number of aromatic nitrogens is 2. The monoisotopic (exact) mass is 492 g/mol. The first kappa shape index (κ1) is 22.4. The predicted octanol–water partition coefficient (Wildman–Crippen LogP) is 5.24. The van der Waals surface area contributed by atoms with Crippen LogP contribution in [0.4, 0.5) is 18.9 Å². The number of anilines is 1. The molecule has 160 valence electrons. The zero-order chi connectivity index (χ0) is 22.8. The number of benzene rings is 1. The second kappa shape index (κ2) is 8.84. The van der Waals surface area contributed by atoms with Crippen LogP contribution in [0.3, 0.4) is 0 Å². The number of carbonyl (C=O) groups excluding carboxylic acids is 1. The second-order valence-electron chi connectivity index (χ2n) is 6.49. The Hall–Kier alpha value is -3.27. The molecule has 0 radical (unpaired) electrons. The van der Waals surface area contributed by atoms with Crippen LogP contribution in [0.15, 0.2) is 53.3 Å². The van der Waals surface area contributed by atoms with E-state index in [0.717, 1.165) is 17.8 Å². The van der Waals surface area contributed by atoms with Crippen LogP contribution in [0.25, 0.3) is 0 Å². The van der Waals surface area contributed by atoms with Gasteiger partial charge in [0.2, 0.25) is 5.88 Å². The van der Waals surface area contributed by atoms with Crippen LogP contribution in [0.2, 0.25) is 0 Å². The van der Waals surface area contributed by atoms with Gasteiger partial charge in [-0.05, 0) is 52.7 Å². The summed E-state index contributed by atoms with van der Waals surface area (Å²) in [6.07, 6.45) is -2.12. The van der Waals surface area contributed by atoms with Gasteiger partial charge in [0.05, 0.1) is 18.4 Å². The van der Waals surface area contributed by atoms with E-state index < -0.39 is 23.3 Å². The van der Waals surface area contributed by atoms with Gasteiger partial charge in [-0.1, -0.05) is 6.07 Å². The molecular weight excluding hydrogens is 477 g/mol. The third-order valence-corrected chi connectivity index (χ3v) is 4.81. The number of nitrogens with zero attached hydrogens (tertiary/aromatic N) is 2. The summed E-state index contributed by atoms with van der Waals surface area (Å²) in [4.78, 5) is 20.2. The molecule has 2 N–H and O–H groups in total. The minimum atomic E-state index is -4.75. The Morgan fingerprint density at radius 1 is 1.16 bits per heavy atom. The first-order chi connectivity index (χ1) is 14.6. The van der Waals surface area contributed by atoms with E-state index in [1.54, 1.807) is 31.2 Å². The number of aryl methyl sites for hydroxylation is 1. The van der Waals surface area contributed by atoms with Gasteiger partial charge in [-0.2, -0.15) is 13.2 Å². The van der Waals surface area contributed by atoms with E-state index in [-0.39, 0.29) is 15.9 Å². The maximum Gasteiger partial charge on any atom is 0.418 e. The van der Waals surface area contributed by atoms with E-state index in [4.69, 9.17) is 10.1 Å². The van der Waals surface area contributed by atoms with Gasteiger partial charge in [0.15, 0.2) is 0 Å². The smallest absolute Gasteiger partial charge is 0.418 e. The molecule has 0 fully saturated rings. The zero-order valence-corrected chi connectivity index (χ0v) is 17.9. The Kier molecular flexibility index (Phi) is 6.40. The lowest BCUT2D eigenvalue weighted by molar-refractivity contribution is -0.138. The van der Waals surface area contributed by atoms with E-state index in [1.165, 1.54) is 19.4 Å². The Morgan fingerprint density at radius 3 is 2.58 bits per heavy atom. The van der Waals surface area contributed by atoms with Crippen molar-refractivity contribution in [3.63, 3.8) is 0 Å². The number of carbonyl (C=O) groups is 1. The van der Waals surface area contributed by atoms with Crippen molar-refractivity contribution in [1.82, 2.24) is 9.97 Å². The van der Waals surface area contributed by atoms with Crippen molar-refractivity contribution in [3.8, 4) is 5.88 Å². The van der Waals surface area contributed by atoms with Gasteiger partial charge in [0, 0.05) is 39.7 Å². The maximum atomic E-state index is 13.3. The van der Waals surface area contributed by atoms with Crippen molar-refractivity contribution in [2.45, 2.75) is 13.1 Å². The third kappa shape index (κ3) is 5.08. The molecule has 3 aromatic rings. The Bertz CT molecular complexity index is 1170. The first-order valence-electron chi connectivity index (χ1n) is 8.84. The third-order valence-electron chi connectivity index (χ3n) is 4.37. The van der Waals surface area contributed by atoms with Crippen molar-refractivity contribution in [2.24, 2.45) is 0 Å². The van der Waals surface area contributed by atoms with Crippen molar-refractivity contribution in [3.05, 3.63) is 81.2 Å². The lowest BCUT2D eigenvalue weighted by Crippen LogP contribution is -2.20. The zero-order valence-electron chi connectivity index (χ0n) is 16.3. The van der Waals surface area contributed by atoms with E-state index in [1.807, 2.05) is 0 Å². The summed E-state index contributed by atoms with van der Waals surface area (Å²) in [7, 11) is 1.46. The molecule has 3 rings (SSSR count). The molecule has 0 spiro atoms. The summed E-state index contributed by atoms with van der Waals surface area (Å²) in [6, 6.07) is 8.76. The highest BCUT2D eigenvalue weighted by Crippen LogP contribution is 2.33. The second-order valence-corrected chi connectivity index (χ2v) is 7.41. The average molecular weight is 493 g/mol. The number of nitrogens with one attached hydrogen (secondary N) is 2. The molecular formula is C21H16BrF3N4O2. The molecule has 0 atom stereocenters. The Balaban J connectivity index is 1.92. The quantitative estimate of drug-likeness (QED) is 0.476. The number of ether oxygens (including phenoxy) is 1. The standard InChI is InChI=1S/C21H16BrF3N4O2/c1-11-3-4-14(9-15(11)18(26)12-5-6-27-17(7-12)31-2)29-20(30)19-16(21(23,24)25)8-13(22)10-28-19/h3-10,26H,1-2H3,(H,29,30). The topological polar surface area (TPSA) is 88.0 Å². The van der Waals surface area contributed by atoms with Crippen LogP contribution < -0.4 is 10.1 Å². The van der Waals surface area contributed by atoms with Gasteiger partial charge < -0.3 is 10.1 Å². The highest BCUT2D eigenvalue weighted by atomic mass is 79.9. The normalized spacial score (nSPS) is 11.2. The fourth-order valence-electron chi connectivity index (χ4n) is 2.83. The maximum absolute atomic E-state index is 13.3. The minimum Gasteiger partial charge on any atom is -0.481 e. The van der Waals surface area contributed by atoms with Crippen LogP contribution in [0.5, 0.6) is 5.88 Å². The van der Waals surface area contributed by atoms with Gasteiger partial charge in [0.25, 0.3) is 5.91 Å². The SMILES string of the molecule is COc1cc(C(=N)c2cc(NC(=O)c3ncc(Br)cc3C(F)(F)F)ccc2C)ccn1. The van der Waals surface area contributed by atoms with Crippen molar-refractivity contribution in [1.29, 1.82) is 5.41 Å². The fourth-order valence-corrected chi connectivity index (χ4v) is 3.16. The molecule has 0 saturated carbocycles. The summed E-state index contributed by atoms with van der Waals surface area (Å²) in [5, 5.41) is 10.9. The van der Waals surface area contributed by atoms with Gasteiger partial charge in [-0.3, -0.25) is 10.2 Å². The Labute approximate surface area is 184 Å². The molecule has 6 nitrogen and oxygen atoms in total. The van der Waals surface area contributed by atoms with Gasteiger partial charge in [0.1, 0.15) is 5.69 Å². The largest absolute Gasteiger partial charge is 0.481 e. The molecule has 0 saturated heterocycles. The van der Waals surface area contributed by atoms with E-state index >= 15 is 0 Å². The van der Waals surface area contributed by atoms with Crippen LogP contribution in [-0.4, -0.2) is 28.7 Å². The van der Waals surface area contributed by atoms with Crippen LogP contribution >= 0.6 is 15.9 Å². The summed E-state index contributed by atoms with van der Waals surface area (Å²) >= 11 is 2.94. The highest BCUT2D eigenvalue weighted by molar-refractivity contribution is 9.10. The van der Waals surface area contributed by atoms with Gasteiger partial charge in [-0.15, -0.1) is 0 Å². The lowest BCUT2D eigenvalue weighted by Gasteiger charge is -2.14. The lowest BCUT2D eigenvalue weighted by atomic mass is 9.98. The first-order valence-corrected chi connectivity index (χ1v) is 9.63. The molecule has 0 unspecified atom stereocenters. The number of hydrogen-bond donors (Lipinski definition) is 2. The molecule has 10 heteroatoms. The number of hydrogen-bond acceptors (Lipinski definition) is 5. The Morgan fingerprint density at radius 2 is 1.90 bits per heavy atom. The number of methoxy groups -OCH3 is 1. The summed E-state index contributed by atoms with van der Waals surface area (Å²) in [5.74, 6) is -0.669. The molecule has 31 heavy (non-hydrogen) atoms. The average Bonchev–Trinajstić information content (AvgIpc) is 2.73. The molecule has 0 bridgehead atoms. The van der Waals surface area contributed by atoms with Gasteiger partial charge in [-0.25, -0.2) is 9.97 Å². The molecule has 0 aliphatic carbocycles. The number of halogens is 4. The van der Waals surface area contributed by atoms with Gasteiger partial charge >= 0.3 is 6.18 Å². The predicted molar refractivity (Wildman–Crippen MR) is 113 cm³/mol. The highest BCUT2D eigenvalue weighted by Gasteiger charge is 2.36. The fraction of sp³-hybridized carbons (Fsp3) is 0.143.